The van der Waals surface area contributed by atoms with Gasteiger partial charge in [0.25, 0.3) is 0 Å². The summed E-state index contributed by atoms with van der Waals surface area (Å²) in [5, 5.41) is 12.8. The van der Waals surface area contributed by atoms with Crippen LogP contribution in [-0.2, 0) is 11.2 Å². The Hall–Kier alpha value is -2.14. The average molecular weight is 415 g/mol. The standard InChI is InChI=1S/C24H24ClFO3/c1-14-9-17(27)12-23(29-14)21-11-16(24(25)20-6-4-3-5-19(20)21)10-15-7-8-18(28-2)13-22(15)26/h3-8,11,13-14,17,23,27H,9-10,12H2,1-2H3. The van der Waals surface area contributed by atoms with Gasteiger partial charge in [-0.25, -0.2) is 4.39 Å². The topological polar surface area (TPSA) is 38.7 Å². The molecule has 29 heavy (non-hydrogen) atoms. The Morgan fingerprint density at radius 2 is 1.86 bits per heavy atom. The van der Waals surface area contributed by atoms with Crippen LogP contribution in [0.1, 0.15) is 42.6 Å². The molecule has 3 aromatic carbocycles. The molecule has 0 aliphatic carbocycles. The fraction of sp³-hybridized carbons (Fsp3) is 0.333. The fourth-order valence-electron chi connectivity index (χ4n) is 4.14. The summed E-state index contributed by atoms with van der Waals surface area (Å²) >= 11 is 6.73. The molecule has 1 saturated heterocycles. The summed E-state index contributed by atoms with van der Waals surface area (Å²) in [5.74, 6) is 0.156. The number of methoxy groups -OCH3 is 1. The van der Waals surface area contributed by atoms with Gasteiger partial charge in [0.1, 0.15) is 11.6 Å². The van der Waals surface area contributed by atoms with Crippen molar-refractivity contribution < 1.29 is 19.0 Å². The minimum Gasteiger partial charge on any atom is -0.497 e. The molecule has 1 fully saturated rings. The zero-order valence-electron chi connectivity index (χ0n) is 16.5. The van der Waals surface area contributed by atoms with Crippen molar-refractivity contribution in [3.8, 4) is 5.75 Å². The van der Waals surface area contributed by atoms with Crippen LogP contribution in [-0.4, -0.2) is 24.4 Å². The van der Waals surface area contributed by atoms with Gasteiger partial charge in [0.05, 0.1) is 30.4 Å². The highest BCUT2D eigenvalue weighted by Gasteiger charge is 2.29. The molecule has 1 aliphatic rings. The molecule has 0 radical (unpaired) electrons. The Morgan fingerprint density at radius 1 is 1.10 bits per heavy atom. The van der Waals surface area contributed by atoms with Gasteiger partial charge < -0.3 is 14.6 Å². The van der Waals surface area contributed by atoms with Crippen LogP contribution in [0.25, 0.3) is 10.8 Å². The first-order valence-electron chi connectivity index (χ1n) is 9.82. The number of aliphatic hydroxyl groups is 1. The minimum atomic E-state index is -0.402. The largest absolute Gasteiger partial charge is 0.497 e. The van der Waals surface area contributed by atoms with E-state index in [-0.39, 0.29) is 18.0 Å². The van der Waals surface area contributed by atoms with Crippen LogP contribution in [0.5, 0.6) is 5.75 Å². The number of rotatable bonds is 4. The minimum absolute atomic E-state index is 0.0272. The van der Waals surface area contributed by atoms with E-state index in [4.69, 9.17) is 21.1 Å². The van der Waals surface area contributed by atoms with Crippen molar-refractivity contribution in [1.82, 2.24) is 0 Å². The summed E-state index contributed by atoms with van der Waals surface area (Å²) in [6.07, 6.45) is 0.868. The van der Waals surface area contributed by atoms with E-state index in [1.165, 1.54) is 13.2 Å². The lowest BCUT2D eigenvalue weighted by molar-refractivity contribution is -0.0889. The van der Waals surface area contributed by atoms with Crippen LogP contribution in [0.4, 0.5) is 4.39 Å². The number of benzene rings is 3. The molecule has 4 rings (SSSR count). The molecule has 1 aliphatic heterocycles. The van der Waals surface area contributed by atoms with Crippen molar-refractivity contribution >= 4 is 22.4 Å². The molecular formula is C24H24ClFO3. The number of halogens is 2. The van der Waals surface area contributed by atoms with E-state index in [2.05, 4.69) is 0 Å². The molecule has 5 heteroatoms. The van der Waals surface area contributed by atoms with Crippen molar-refractivity contribution in [2.75, 3.05) is 7.11 Å². The molecule has 0 spiro atoms. The van der Waals surface area contributed by atoms with Crippen LogP contribution in [0, 0.1) is 5.82 Å². The zero-order valence-corrected chi connectivity index (χ0v) is 17.2. The van der Waals surface area contributed by atoms with E-state index in [1.807, 2.05) is 37.3 Å². The molecule has 0 amide bonds. The van der Waals surface area contributed by atoms with Crippen LogP contribution < -0.4 is 4.74 Å². The third-order valence-electron chi connectivity index (χ3n) is 5.56. The molecule has 0 bridgehead atoms. The molecule has 152 valence electrons. The van der Waals surface area contributed by atoms with Gasteiger partial charge in [0.2, 0.25) is 0 Å². The lowest BCUT2D eigenvalue weighted by Gasteiger charge is -2.32. The van der Waals surface area contributed by atoms with Crippen molar-refractivity contribution in [1.29, 1.82) is 0 Å². The maximum absolute atomic E-state index is 14.5. The Labute approximate surface area is 175 Å². The maximum atomic E-state index is 14.5. The smallest absolute Gasteiger partial charge is 0.130 e. The maximum Gasteiger partial charge on any atom is 0.130 e. The van der Waals surface area contributed by atoms with Crippen molar-refractivity contribution in [2.24, 2.45) is 0 Å². The van der Waals surface area contributed by atoms with E-state index >= 15 is 0 Å². The average Bonchev–Trinajstić information content (AvgIpc) is 2.70. The van der Waals surface area contributed by atoms with Gasteiger partial charge in [-0.2, -0.15) is 0 Å². The predicted octanol–water partition coefficient (Wildman–Crippen LogP) is 5.83. The van der Waals surface area contributed by atoms with Gasteiger partial charge >= 0.3 is 0 Å². The Balaban J connectivity index is 1.80. The van der Waals surface area contributed by atoms with Gasteiger partial charge in [0, 0.05) is 24.3 Å². The molecule has 3 aromatic rings. The first-order chi connectivity index (χ1) is 14.0. The fourth-order valence-corrected chi connectivity index (χ4v) is 4.43. The first-order valence-corrected chi connectivity index (χ1v) is 10.2. The lowest BCUT2D eigenvalue weighted by atomic mass is 9.90. The Bertz CT molecular complexity index is 1030. The van der Waals surface area contributed by atoms with Crippen LogP contribution in [0.2, 0.25) is 5.02 Å². The normalized spacial score (nSPS) is 22.0. The highest BCUT2D eigenvalue weighted by Crippen LogP contribution is 2.40. The Morgan fingerprint density at radius 3 is 2.55 bits per heavy atom. The summed E-state index contributed by atoms with van der Waals surface area (Å²) in [7, 11) is 1.51. The highest BCUT2D eigenvalue weighted by atomic mass is 35.5. The number of hydrogen-bond donors (Lipinski definition) is 1. The number of aliphatic hydroxyl groups excluding tert-OH is 1. The van der Waals surface area contributed by atoms with E-state index in [0.717, 1.165) is 21.9 Å². The van der Waals surface area contributed by atoms with Gasteiger partial charge in [-0.15, -0.1) is 0 Å². The third-order valence-corrected chi connectivity index (χ3v) is 6.01. The quantitative estimate of drug-likeness (QED) is 0.583. The second-order valence-corrected chi connectivity index (χ2v) is 8.06. The molecule has 1 N–H and O–H groups in total. The second-order valence-electron chi connectivity index (χ2n) is 7.68. The van der Waals surface area contributed by atoms with Crippen molar-refractivity contribution in [3.05, 3.63) is 76.1 Å². The first kappa shape index (κ1) is 20.1. The van der Waals surface area contributed by atoms with E-state index in [0.29, 0.717) is 35.6 Å². The Kier molecular flexibility index (Phi) is 5.77. The SMILES string of the molecule is COc1ccc(Cc2cc(C3CC(O)CC(C)O3)c3ccccc3c2Cl)c(F)c1. The summed E-state index contributed by atoms with van der Waals surface area (Å²) in [6, 6.07) is 14.7. The zero-order chi connectivity index (χ0) is 20.5. The molecule has 3 unspecified atom stereocenters. The van der Waals surface area contributed by atoms with Crippen LogP contribution in [0.3, 0.4) is 0 Å². The molecular weight excluding hydrogens is 391 g/mol. The monoisotopic (exact) mass is 414 g/mol. The van der Waals surface area contributed by atoms with Crippen molar-refractivity contribution in [2.45, 2.75) is 44.5 Å². The molecule has 3 atom stereocenters. The highest BCUT2D eigenvalue weighted by molar-refractivity contribution is 6.36. The summed E-state index contributed by atoms with van der Waals surface area (Å²) in [6.45, 7) is 1.97. The van der Waals surface area contributed by atoms with E-state index in [1.54, 1.807) is 12.1 Å². The van der Waals surface area contributed by atoms with Crippen molar-refractivity contribution in [3.63, 3.8) is 0 Å². The summed E-state index contributed by atoms with van der Waals surface area (Å²) in [4.78, 5) is 0. The van der Waals surface area contributed by atoms with Crippen LogP contribution >= 0.6 is 11.6 Å². The third kappa shape index (κ3) is 4.11. The lowest BCUT2D eigenvalue weighted by Crippen LogP contribution is -2.29. The number of ether oxygens (including phenoxy) is 2. The molecule has 0 saturated carbocycles. The molecule has 3 nitrogen and oxygen atoms in total. The van der Waals surface area contributed by atoms with Crippen LogP contribution in [0.15, 0.2) is 48.5 Å². The number of hydrogen-bond acceptors (Lipinski definition) is 3. The van der Waals surface area contributed by atoms with E-state index in [9.17, 15) is 9.50 Å². The summed E-state index contributed by atoms with van der Waals surface area (Å²) in [5.41, 5.74) is 2.37. The molecule has 1 heterocycles. The van der Waals surface area contributed by atoms with Gasteiger partial charge in [-0.3, -0.25) is 0 Å². The van der Waals surface area contributed by atoms with Gasteiger partial charge in [0.15, 0.2) is 0 Å². The number of fused-ring (bicyclic) bond motifs is 1. The van der Waals surface area contributed by atoms with E-state index < -0.39 is 6.10 Å². The predicted molar refractivity (Wildman–Crippen MR) is 113 cm³/mol. The van der Waals surface area contributed by atoms with Gasteiger partial charge in [-0.05, 0) is 41.5 Å². The van der Waals surface area contributed by atoms with Gasteiger partial charge in [-0.1, -0.05) is 48.0 Å². The second kappa shape index (κ2) is 8.31. The molecule has 0 aromatic heterocycles. The summed E-state index contributed by atoms with van der Waals surface area (Å²) < 4.78 is 25.8.